The van der Waals surface area contributed by atoms with Gasteiger partial charge in [-0.15, -0.1) is 0 Å². The lowest BCUT2D eigenvalue weighted by molar-refractivity contribution is -0.139. The molecule has 1 atom stereocenters. The van der Waals surface area contributed by atoms with E-state index >= 15 is 0 Å². The number of halogens is 3. The number of hydrogen-bond donors (Lipinski definition) is 2. The van der Waals surface area contributed by atoms with Crippen molar-refractivity contribution in [3.8, 4) is 11.5 Å². The number of benzene rings is 1. The number of nitrogens with one attached hydrogen (secondary N) is 1. The molecule has 0 unspecified atom stereocenters. The average molecular weight is 708 g/mol. The van der Waals surface area contributed by atoms with E-state index in [9.17, 15) is 22.8 Å². The number of carbonyl (C=O) groups is 2. The minimum Gasteiger partial charge on any atom is -0.455 e. The first-order valence-electron chi connectivity index (χ1n) is 17.3. The highest BCUT2D eigenvalue weighted by atomic mass is 19.4. The van der Waals surface area contributed by atoms with Crippen molar-refractivity contribution in [2.75, 3.05) is 60.0 Å². The van der Waals surface area contributed by atoms with Crippen LogP contribution in [0.15, 0.2) is 48.8 Å². The van der Waals surface area contributed by atoms with Crippen LogP contribution in [0.1, 0.15) is 64.1 Å². The molecular weight excluding hydrogens is 663 g/mol. The molecular formula is C37H44F3N7O4. The summed E-state index contributed by atoms with van der Waals surface area (Å²) in [6.07, 6.45) is -0.288. The Morgan fingerprint density at radius 3 is 2.61 bits per heavy atom. The number of pyridine rings is 2. The lowest BCUT2D eigenvalue weighted by Gasteiger charge is -2.34. The zero-order valence-corrected chi connectivity index (χ0v) is 29.2. The quantitative estimate of drug-likeness (QED) is 0.223. The second-order valence-electron chi connectivity index (χ2n) is 13.5. The molecule has 2 N–H and O–H groups in total. The van der Waals surface area contributed by atoms with Crippen LogP contribution in [0.25, 0.3) is 11.0 Å². The number of aliphatic hydroxyl groups excluding tert-OH is 1. The Morgan fingerprint density at radius 1 is 1.10 bits per heavy atom. The number of ether oxygens (including phenoxy) is 1. The number of H-pyrrole nitrogens is 1. The summed E-state index contributed by atoms with van der Waals surface area (Å²) >= 11 is 0. The molecule has 0 radical (unpaired) electrons. The van der Waals surface area contributed by atoms with Gasteiger partial charge in [-0.05, 0) is 60.8 Å². The summed E-state index contributed by atoms with van der Waals surface area (Å²) in [6, 6.07) is 9.51. The van der Waals surface area contributed by atoms with E-state index in [-0.39, 0.29) is 49.4 Å². The van der Waals surface area contributed by atoms with Crippen molar-refractivity contribution in [2.45, 2.75) is 51.4 Å². The highest BCUT2D eigenvalue weighted by molar-refractivity contribution is 5.98. The summed E-state index contributed by atoms with van der Waals surface area (Å²) in [7, 11) is 3.67. The molecule has 4 aromatic rings. The molecule has 0 saturated carbocycles. The molecule has 2 aliphatic heterocycles. The summed E-state index contributed by atoms with van der Waals surface area (Å²) < 4.78 is 48.9. The van der Waals surface area contributed by atoms with E-state index < -0.39 is 11.7 Å². The van der Waals surface area contributed by atoms with Crippen LogP contribution in [0.5, 0.6) is 11.5 Å². The first-order valence-corrected chi connectivity index (χ1v) is 17.3. The zero-order valence-electron chi connectivity index (χ0n) is 29.2. The first kappa shape index (κ1) is 36.3. The molecule has 2 amide bonds. The van der Waals surface area contributed by atoms with Crippen molar-refractivity contribution in [1.29, 1.82) is 0 Å². The number of alkyl halides is 3. The maximum atomic E-state index is 14.2. The second-order valence-corrected chi connectivity index (χ2v) is 13.5. The number of nitrogens with zero attached hydrogens (tertiary/aromatic N) is 6. The molecule has 0 bridgehead atoms. The van der Waals surface area contributed by atoms with Crippen LogP contribution in [0.3, 0.4) is 0 Å². The van der Waals surface area contributed by atoms with Crippen molar-refractivity contribution in [3.05, 3.63) is 82.4 Å². The van der Waals surface area contributed by atoms with Crippen LogP contribution in [-0.4, -0.2) is 111 Å². The number of hydrogen-bond acceptors (Lipinski definition) is 8. The largest absolute Gasteiger partial charge is 0.455 e. The highest BCUT2D eigenvalue weighted by Crippen LogP contribution is 2.36. The Kier molecular flexibility index (Phi) is 10.9. The lowest BCUT2D eigenvalue weighted by atomic mass is 9.92. The number of likely N-dealkylation sites (N-methyl/N-ethyl adjacent to an activating group) is 1. The topological polar surface area (TPSA) is 118 Å². The summed E-state index contributed by atoms with van der Waals surface area (Å²) in [4.78, 5) is 46.1. The van der Waals surface area contributed by atoms with E-state index in [1.165, 1.54) is 11.0 Å². The molecule has 1 aromatic carbocycles. The van der Waals surface area contributed by atoms with Crippen molar-refractivity contribution in [3.63, 3.8) is 0 Å². The van der Waals surface area contributed by atoms with Gasteiger partial charge in [-0.1, -0.05) is 19.1 Å². The maximum absolute atomic E-state index is 14.2. The molecule has 2 aliphatic rings. The number of carbonyl (C=O) groups excluding carboxylic acids is 2. The molecule has 272 valence electrons. The van der Waals surface area contributed by atoms with Gasteiger partial charge in [0.25, 0.3) is 5.91 Å². The summed E-state index contributed by atoms with van der Waals surface area (Å²) in [5.74, 6) is 0.356. The van der Waals surface area contributed by atoms with E-state index in [0.29, 0.717) is 66.4 Å². The van der Waals surface area contributed by atoms with E-state index in [1.807, 2.05) is 24.9 Å². The molecule has 1 fully saturated rings. The second kappa shape index (κ2) is 15.4. The van der Waals surface area contributed by atoms with E-state index in [1.54, 1.807) is 42.5 Å². The molecule has 11 nitrogen and oxygen atoms in total. The molecule has 3 aromatic heterocycles. The number of aliphatic hydroxyl groups is 1. The average Bonchev–Trinajstić information content (AvgIpc) is 3.56. The van der Waals surface area contributed by atoms with E-state index in [2.05, 4.69) is 14.9 Å². The fraction of sp³-hybridized carbons (Fsp3) is 0.459. The van der Waals surface area contributed by atoms with E-state index in [0.717, 1.165) is 36.8 Å². The Balaban J connectivity index is 1.18. The van der Waals surface area contributed by atoms with Crippen LogP contribution in [0.2, 0.25) is 0 Å². The molecule has 14 heteroatoms. The molecule has 0 spiro atoms. The van der Waals surface area contributed by atoms with Gasteiger partial charge in [0, 0.05) is 78.1 Å². The number of aromatic nitrogens is 3. The van der Waals surface area contributed by atoms with Gasteiger partial charge in [-0.3, -0.25) is 19.5 Å². The van der Waals surface area contributed by atoms with Crippen molar-refractivity contribution >= 4 is 22.8 Å². The fourth-order valence-corrected chi connectivity index (χ4v) is 6.80. The molecule has 1 saturated heterocycles. The number of amides is 2. The predicted octanol–water partition coefficient (Wildman–Crippen LogP) is 5.05. The van der Waals surface area contributed by atoms with Crippen molar-refractivity contribution in [1.82, 2.24) is 34.6 Å². The Bertz CT molecular complexity index is 1870. The Morgan fingerprint density at radius 2 is 1.88 bits per heavy atom. The number of aromatic amines is 1. The third kappa shape index (κ3) is 8.35. The minimum atomic E-state index is -4.53. The summed E-state index contributed by atoms with van der Waals surface area (Å²) in [6.45, 7) is 6.31. The summed E-state index contributed by atoms with van der Waals surface area (Å²) in [5, 5.41) is 9.72. The third-order valence-electron chi connectivity index (χ3n) is 9.78. The number of fused-ring (bicyclic) bond motifs is 2. The van der Waals surface area contributed by atoms with Crippen LogP contribution in [0.4, 0.5) is 13.2 Å². The van der Waals surface area contributed by atoms with Gasteiger partial charge in [-0.2, -0.15) is 13.2 Å². The molecule has 6 rings (SSSR count). The monoisotopic (exact) mass is 707 g/mol. The third-order valence-corrected chi connectivity index (χ3v) is 9.78. The van der Waals surface area contributed by atoms with Gasteiger partial charge in [0.2, 0.25) is 5.91 Å². The van der Waals surface area contributed by atoms with Gasteiger partial charge < -0.3 is 29.5 Å². The zero-order chi connectivity index (χ0) is 36.3. The smallest absolute Gasteiger partial charge is 0.416 e. The molecule has 0 aliphatic carbocycles. The van der Waals surface area contributed by atoms with Crippen LogP contribution < -0.4 is 4.74 Å². The summed E-state index contributed by atoms with van der Waals surface area (Å²) in [5.41, 5.74) is 2.34. The van der Waals surface area contributed by atoms with Crippen molar-refractivity contribution < 1.29 is 32.6 Å². The normalized spacial score (nSPS) is 17.1. The minimum absolute atomic E-state index is 0.0161. The van der Waals surface area contributed by atoms with Gasteiger partial charge in [-0.25, -0.2) is 4.98 Å². The van der Waals surface area contributed by atoms with Crippen LogP contribution >= 0.6 is 0 Å². The fourth-order valence-electron chi connectivity index (χ4n) is 6.80. The standard InChI is InChI=1S/C37H44F3N7O4/c1-4-25-22-47(33(49)17-24-6-7-26(30(16-24)37(38,39)40)21-46-13-11-44(2)12-14-46)23-27-18-28(20-42-34(25)27)51-32-8-9-41-35-29(32)19-31(43-35)36(50)45(3)10-5-15-48/h6-9,16,18-20,25,48H,4-5,10-15,17,21-23H2,1-3H3,(H,41,43)/t25-/m0/s1. The van der Waals surface area contributed by atoms with Crippen LogP contribution in [0, 0.1) is 0 Å². The van der Waals surface area contributed by atoms with Crippen molar-refractivity contribution in [2.24, 2.45) is 0 Å². The van der Waals surface area contributed by atoms with Gasteiger partial charge in [0.1, 0.15) is 22.8 Å². The first-order chi connectivity index (χ1) is 24.4. The van der Waals surface area contributed by atoms with E-state index in [4.69, 9.17) is 14.8 Å². The van der Waals surface area contributed by atoms with Gasteiger partial charge >= 0.3 is 6.18 Å². The Labute approximate surface area is 295 Å². The maximum Gasteiger partial charge on any atom is 0.416 e. The van der Waals surface area contributed by atoms with Gasteiger partial charge in [0.15, 0.2) is 0 Å². The Hall–Kier alpha value is -4.53. The molecule has 51 heavy (non-hydrogen) atoms. The highest BCUT2D eigenvalue weighted by Gasteiger charge is 2.35. The molecule has 5 heterocycles. The number of rotatable bonds is 11. The lowest BCUT2D eigenvalue weighted by Crippen LogP contribution is -2.44. The SMILES string of the molecule is CC[C@H]1CN(C(=O)Cc2ccc(CN3CCN(C)CC3)c(C(F)(F)F)c2)Cc2cc(Oc3ccnc4[nH]c(C(=O)N(C)CCCO)cc34)cnc21. The van der Waals surface area contributed by atoms with Crippen LogP contribution in [-0.2, 0) is 30.5 Å². The predicted molar refractivity (Wildman–Crippen MR) is 185 cm³/mol. The van der Waals surface area contributed by atoms with Gasteiger partial charge in [0.05, 0.1) is 29.3 Å². The number of piperazine rings is 1.